The van der Waals surface area contributed by atoms with Crippen molar-refractivity contribution in [1.82, 2.24) is 24.8 Å². The molecule has 4 N–H and O–H groups in total. The Morgan fingerprint density at radius 3 is 2.76 bits per heavy atom. The van der Waals surface area contributed by atoms with Crippen molar-refractivity contribution >= 4 is 11.6 Å². The van der Waals surface area contributed by atoms with Crippen molar-refractivity contribution in [3.63, 3.8) is 0 Å². The summed E-state index contributed by atoms with van der Waals surface area (Å²) in [4.78, 5) is 19.1. The third kappa shape index (κ3) is 6.63. The highest BCUT2D eigenvalue weighted by Crippen LogP contribution is 2.25. The fourth-order valence-electron chi connectivity index (χ4n) is 4.48. The Morgan fingerprint density at radius 2 is 1.92 bits per heavy atom. The normalized spacial score (nSPS) is 14.5. The van der Waals surface area contributed by atoms with Gasteiger partial charge in [-0.05, 0) is 68.6 Å². The number of nitrogens with one attached hydrogen (secondary N) is 2. The summed E-state index contributed by atoms with van der Waals surface area (Å²) in [5.74, 6) is 2.57. The molecule has 0 bridgehead atoms. The van der Waals surface area contributed by atoms with Crippen LogP contribution in [-0.2, 0) is 0 Å². The number of H-pyrrole nitrogens is 1. The van der Waals surface area contributed by atoms with E-state index in [1.54, 1.807) is 30.6 Å². The van der Waals surface area contributed by atoms with Crippen LogP contribution in [0.2, 0.25) is 0 Å². The van der Waals surface area contributed by atoms with Gasteiger partial charge in [-0.15, -0.1) is 0 Å². The number of phenols is 1. The highest BCUT2D eigenvalue weighted by atomic mass is 16.5. The maximum Gasteiger partial charge on any atom is 0.227 e. The van der Waals surface area contributed by atoms with Crippen LogP contribution < -0.4 is 10.1 Å². The van der Waals surface area contributed by atoms with E-state index in [2.05, 4.69) is 30.2 Å². The summed E-state index contributed by atoms with van der Waals surface area (Å²) in [6, 6.07) is 16.5. The van der Waals surface area contributed by atoms with Gasteiger partial charge in [-0.2, -0.15) is 0 Å². The number of aromatic hydroxyl groups is 1. The van der Waals surface area contributed by atoms with Gasteiger partial charge in [0.15, 0.2) is 0 Å². The zero-order chi connectivity index (χ0) is 25.5. The van der Waals surface area contributed by atoms with Crippen LogP contribution in [0, 0.1) is 5.92 Å². The lowest BCUT2D eigenvalue weighted by atomic mass is 9.98. The molecule has 0 spiro atoms. The number of piperidine rings is 1. The van der Waals surface area contributed by atoms with Gasteiger partial charge in [0.2, 0.25) is 5.95 Å². The first-order chi connectivity index (χ1) is 18.2. The van der Waals surface area contributed by atoms with Crippen molar-refractivity contribution in [2.24, 2.45) is 5.92 Å². The fourth-order valence-corrected chi connectivity index (χ4v) is 4.48. The Morgan fingerprint density at radius 1 is 1.05 bits per heavy atom. The Bertz CT molecular complexity index is 1300. The van der Waals surface area contributed by atoms with Crippen molar-refractivity contribution in [2.75, 3.05) is 38.2 Å². The molecule has 2 aromatic heterocycles. The number of phenolic OH excluding ortho intramolecular Hbond substituents is 1. The smallest absolute Gasteiger partial charge is 0.227 e. The van der Waals surface area contributed by atoms with Gasteiger partial charge in [-0.1, -0.05) is 18.2 Å². The third-order valence-corrected chi connectivity index (χ3v) is 6.57. The lowest BCUT2D eigenvalue weighted by Gasteiger charge is -2.30. The van der Waals surface area contributed by atoms with E-state index in [0.717, 1.165) is 61.6 Å². The van der Waals surface area contributed by atoms with Gasteiger partial charge in [0, 0.05) is 36.7 Å². The molecule has 0 radical (unpaired) electrons. The molecule has 0 unspecified atom stereocenters. The molecule has 0 aliphatic carbocycles. The second kappa shape index (κ2) is 11.9. The van der Waals surface area contributed by atoms with Crippen molar-refractivity contribution in [1.29, 1.82) is 0 Å². The summed E-state index contributed by atoms with van der Waals surface area (Å²) in [6.45, 7) is 4.08. The first kappa shape index (κ1) is 24.7. The number of benzene rings is 2. The largest absolute Gasteiger partial charge is 0.508 e. The molecule has 9 nitrogen and oxygen atoms in total. The van der Waals surface area contributed by atoms with Crippen LogP contribution in [0.25, 0.3) is 22.8 Å². The summed E-state index contributed by atoms with van der Waals surface area (Å²) < 4.78 is 5.99. The number of hydrogen-bond acceptors (Lipinski definition) is 8. The van der Waals surface area contributed by atoms with E-state index >= 15 is 0 Å². The molecule has 1 fully saturated rings. The van der Waals surface area contributed by atoms with Crippen molar-refractivity contribution in [3.8, 4) is 34.3 Å². The highest BCUT2D eigenvalue weighted by molar-refractivity contribution is 5.64. The van der Waals surface area contributed by atoms with Gasteiger partial charge in [0.05, 0.1) is 24.2 Å². The van der Waals surface area contributed by atoms with E-state index < -0.39 is 0 Å². The number of anilines is 2. The molecule has 37 heavy (non-hydrogen) atoms. The number of ether oxygens (including phenoxy) is 1. The van der Waals surface area contributed by atoms with Crippen LogP contribution in [0.15, 0.2) is 67.0 Å². The molecule has 5 rings (SSSR count). The second-order valence-electron chi connectivity index (χ2n) is 9.28. The molecular formula is C28H32N6O3. The van der Waals surface area contributed by atoms with Gasteiger partial charge in [-0.3, -0.25) is 0 Å². The lowest BCUT2D eigenvalue weighted by molar-refractivity contribution is 0.126. The first-order valence-corrected chi connectivity index (χ1v) is 12.7. The van der Waals surface area contributed by atoms with Crippen LogP contribution >= 0.6 is 0 Å². The Hall–Kier alpha value is -3.95. The Kier molecular flexibility index (Phi) is 7.93. The Balaban J connectivity index is 1.16. The average Bonchev–Trinajstić information content (AvgIpc) is 3.43. The van der Waals surface area contributed by atoms with E-state index in [1.807, 2.05) is 36.4 Å². The van der Waals surface area contributed by atoms with Gasteiger partial charge in [0.1, 0.15) is 17.3 Å². The third-order valence-electron chi connectivity index (χ3n) is 6.57. The number of nitrogens with zero attached hydrogens (tertiary/aromatic N) is 4. The molecule has 1 aliphatic rings. The summed E-state index contributed by atoms with van der Waals surface area (Å²) >= 11 is 0. The van der Waals surface area contributed by atoms with Crippen molar-refractivity contribution in [2.45, 2.75) is 19.3 Å². The predicted octanol–water partition coefficient (Wildman–Crippen LogP) is 4.46. The summed E-state index contributed by atoms with van der Waals surface area (Å²) in [5.41, 5.74) is 3.08. The maximum absolute atomic E-state index is 9.74. The van der Waals surface area contributed by atoms with Crippen molar-refractivity contribution < 1.29 is 14.9 Å². The van der Waals surface area contributed by atoms with Gasteiger partial charge >= 0.3 is 0 Å². The van der Waals surface area contributed by atoms with Crippen LogP contribution in [-0.4, -0.2) is 67.9 Å². The van der Waals surface area contributed by atoms with Gasteiger partial charge in [-0.25, -0.2) is 15.0 Å². The Labute approximate surface area is 216 Å². The molecule has 1 aliphatic heterocycles. The van der Waals surface area contributed by atoms with E-state index in [0.29, 0.717) is 36.6 Å². The minimum absolute atomic E-state index is 0.189. The molecule has 4 aromatic rings. The fraction of sp³-hybridized carbons (Fsp3) is 0.321. The number of imidazole rings is 1. The number of aromatic nitrogens is 4. The van der Waals surface area contributed by atoms with Gasteiger partial charge in [0.25, 0.3) is 0 Å². The molecule has 0 atom stereocenters. The minimum Gasteiger partial charge on any atom is -0.508 e. The van der Waals surface area contributed by atoms with E-state index in [4.69, 9.17) is 4.74 Å². The molecule has 0 saturated carbocycles. The minimum atomic E-state index is 0.189. The molecule has 0 amide bonds. The van der Waals surface area contributed by atoms with Crippen LogP contribution in [0.4, 0.5) is 11.6 Å². The maximum atomic E-state index is 9.74. The summed E-state index contributed by atoms with van der Waals surface area (Å²) in [5, 5.41) is 22.3. The molecule has 2 aromatic carbocycles. The standard InChI is InChI=1S/C28H32N6O3/c35-19-20-9-13-34(14-10-20)12-3-15-37-24-7-2-5-22(17-24)31-28-29-11-8-25(33-28)26-18-30-27(32-26)21-4-1-6-23(36)16-21/h1-2,4-8,11,16-18,20,35-36H,3,9-10,12-15,19H2,(H,30,32)(H,29,31,33). The zero-order valence-corrected chi connectivity index (χ0v) is 20.7. The summed E-state index contributed by atoms with van der Waals surface area (Å²) in [6.07, 6.45) is 6.53. The van der Waals surface area contributed by atoms with Crippen LogP contribution in [0.5, 0.6) is 11.5 Å². The zero-order valence-electron chi connectivity index (χ0n) is 20.7. The number of aromatic amines is 1. The second-order valence-corrected chi connectivity index (χ2v) is 9.28. The molecule has 192 valence electrons. The average molecular weight is 501 g/mol. The van der Waals surface area contributed by atoms with E-state index in [1.165, 1.54) is 0 Å². The number of likely N-dealkylation sites (tertiary alicyclic amines) is 1. The van der Waals surface area contributed by atoms with Gasteiger partial charge < -0.3 is 30.2 Å². The molecule has 9 heteroatoms. The number of aliphatic hydroxyl groups excluding tert-OH is 1. The lowest BCUT2D eigenvalue weighted by Crippen LogP contribution is -2.35. The quantitative estimate of drug-likeness (QED) is 0.236. The highest BCUT2D eigenvalue weighted by Gasteiger charge is 2.17. The monoisotopic (exact) mass is 500 g/mol. The van der Waals surface area contributed by atoms with E-state index in [-0.39, 0.29) is 5.75 Å². The first-order valence-electron chi connectivity index (χ1n) is 12.7. The van der Waals surface area contributed by atoms with E-state index in [9.17, 15) is 10.2 Å². The number of aliphatic hydroxyl groups is 1. The molecule has 1 saturated heterocycles. The summed E-state index contributed by atoms with van der Waals surface area (Å²) in [7, 11) is 0. The SMILES string of the molecule is OCC1CCN(CCCOc2cccc(Nc3nccc(-c4cnc(-c5cccc(O)c5)[nH]4)n3)c2)CC1. The van der Waals surface area contributed by atoms with Crippen LogP contribution in [0.1, 0.15) is 19.3 Å². The molecule has 3 heterocycles. The van der Waals surface area contributed by atoms with Crippen LogP contribution in [0.3, 0.4) is 0 Å². The number of rotatable bonds is 10. The topological polar surface area (TPSA) is 119 Å². The molecular weight excluding hydrogens is 468 g/mol. The van der Waals surface area contributed by atoms with Crippen molar-refractivity contribution in [3.05, 3.63) is 67.0 Å². The number of hydrogen-bond donors (Lipinski definition) is 4. The predicted molar refractivity (Wildman–Crippen MR) is 143 cm³/mol.